The number of carbonyl (C=O) groups is 1. The Hall–Kier alpha value is -2.76. The molecule has 6 rings (SSSR count). The van der Waals surface area contributed by atoms with Gasteiger partial charge in [0.05, 0.1) is 32.5 Å². The van der Waals surface area contributed by atoms with Crippen molar-refractivity contribution in [3.8, 4) is 16.9 Å². The average molecular weight is 605 g/mol. The summed E-state index contributed by atoms with van der Waals surface area (Å²) in [4.78, 5) is 28.1. The van der Waals surface area contributed by atoms with Crippen molar-refractivity contribution in [1.82, 2.24) is 4.98 Å². The van der Waals surface area contributed by atoms with Crippen molar-refractivity contribution < 1.29 is 9.90 Å². The maximum atomic E-state index is 13.4. The molecule has 220 valence electrons. The van der Waals surface area contributed by atoms with E-state index in [9.17, 15) is 9.90 Å². The number of phenols is 1. The van der Waals surface area contributed by atoms with Gasteiger partial charge in [-0.3, -0.25) is 19.8 Å². The number of Topliss-reactive ketones (excluding diaryl/α,β-unsaturated/α-hetero) is 1. The first kappa shape index (κ1) is 29.3. The van der Waals surface area contributed by atoms with Gasteiger partial charge in [0.15, 0.2) is 11.5 Å². The summed E-state index contributed by atoms with van der Waals surface area (Å²) >= 11 is 12.5. The first-order valence-corrected chi connectivity index (χ1v) is 16.4. The molecule has 3 aromatic rings. The number of halogens is 2. The van der Waals surface area contributed by atoms with E-state index in [1.54, 1.807) is 18.3 Å². The van der Waals surface area contributed by atoms with E-state index in [1.165, 1.54) is 44.9 Å². The molecule has 1 aliphatic heterocycles. The van der Waals surface area contributed by atoms with Crippen LogP contribution in [-0.2, 0) is 0 Å². The van der Waals surface area contributed by atoms with E-state index in [4.69, 9.17) is 33.2 Å². The van der Waals surface area contributed by atoms with Gasteiger partial charge in [0.25, 0.3) is 0 Å². The van der Waals surface area contributed by atoms with Crippen LogP contribution in [0.4, 0.5) is 5.69 Å². The maximum Gasteiger partial charge on any atom is 0.169 e. The summed E-state index contributed by atoms with van der Waals surface area (Å²) < 4.78 is 0. The van der Waals surface area contributed by atoms with E-state index in [1.807, 2.05) is 24.4 Å². The van der Waals surface area contributed by atoms with E-state index < -0.39 is 0 Å². The second kappa shape index (κ2) is 12.9. The number of hydrogen-bond acceptors (Lipinski definition) is 5. The van der Waals surface area contributed by atoms with Gasteiger partial charge < -0.3 is 5.11 Å². The van der Waals surface area contributed by atoms with Crippen LogP contribution in [0.2, 0.25) is 10.0 Å². The first-order valence-electron chi connectivity index (χ1n) is 15.6. The van der Waals surface area contributed by atoms with E-state index in [0.29, 0.717) is 17.2 Å². The number of aromatic hydroxyl groups is 1. The van der Waals surface area contributed by atoms with E-state index >= 15 is 0 Å². The van der Waals surface area contributed by atoms with Gasteiger partial charge in [-0.2, -0.15) is 0 Å². The molecule has 3 aliphatic rings. The molecule has 3 unspecified atom stereocenters. The average Bonchev–Trinajstić information content (AvgIpc) is 3.84. The van der Waals surface area contributed by atoms with Crippen LogP contribution in [0.1, 0.15) is 87.9 Å². The molecule has 2 aromatic carbocycles. The minimum atomic E-state index is -0.135. The van der Waals surface area contributed by atoms with Gasteiger partial charge in [0, 0.05) is 30.3 Å². The highest BCUT2D eigenvalue weighted by atomic mass is 35.5. The molecule has 1 N–H and O–H groups in total. The quantitative estimate of drug-likeness (QED) is 0.295. The van der Waals surface area contributed by atoms with Gasteiger partial charge >= 0.3 is 0 Å². The number of aromatic nitrogens is 1. The Balaban J connectivity index is 1.34. The lowest BCUT2D eigenvalue weighted by Crippen LogP contribution is -2.18. The Bertz CT molecular complexity index is 1520. The highest BCUT2D eigenvalue weighted by Gasteiger charge is 2.33. The molecule has 2 saturated carbocycles. The summed E-state index contributed by atoms with van der Waals surface area (Å²) in [5, 5.41) is 11.3. The van der Waals surface area contributed by atoms with Crippen molar-refractivity contribution in [1.29, 1.82) is 0 Å². The van der Waals surface area contributed by atoms with Crippen molar-refractivity contribution in [2.45, 2.75) is 77.6 Å². The monoisotopic (exact) mass is 603 g/mol. The summed E-state index contributed by atoms with van der Waals surface area (Å²) in [7, 11) is 0. The van der Waals surface area contributed by atoms with Crippen LogP contribution in [0.15, 0.2) is 46.5 Å². The maximum absolute atomic E-state index is 13.4. The van der Waals surface area contributed by atoms with E-state index in [-0.39, 0.29) is 27.5 Å². The van der Waals surface area contributed by atoms with Crippen molar-refractivity contribution >= 4 is 57.5 Å². The number of phenolic OH excluding ortho intramolecular Hbond substituents is 1. The summed E-state index contributed by atoms with van der Waals surface area (Å²) in [6.07, 6.45) is 16.7. The molecule has 0 saturated heterocycles. The second-order valence-electron chi connectivity index (χ2n) is 12.7. The number of nitrogens with zero attached hydrogens (tertiary/aromatic N) is 3. The summed E-state index contributed by atoms with van der Waals surface area (Å²) in [5.74, 6) is 2.20. The Morgan fingerprint density at radius 2 is 1.64 bits per heavy atom. The summed E-state index contributed by atoms with van der Waals surface area (Å²) in [5.41, 5.74) is 4.57. The molecule has 7 heteroatoms. The van der Waals surface area contributed by atoms with Crippen LogP contribution in [0.3, 0.4) is 0 Å². The number of carbonyl (C=O) groups excluding carboxylic acids is 1. The van der Waals surface area contributed by atoms with Gasteiger partial charge in [0.1, 0.15) is 0 Å². The molecule has 2 aliphatic carbocycles. The van der Waals surface area contributed by atoms with Crippen LogP contribution in [-0.4, -0.2) is 34.3 Å². The molecule has 0 spiro atoms. The van der Waals surface area contributed by atoms with Crippen LogP contribution in [0, 0.1) is 23.7 Å². The highest BCUT2D eigenvalue weighted by molar-refractivity contribution is 6.37. The number of hydrogen-bond donors (Lipinski definition) is 1. The highest BCUT2D eigenvalue weighted by Crippen LogP contribution is 2.41. The number of benzene rings is 2. The SMILES string of the molecule is CC1CCCCC(C2CCC(=Nc3c(C(=O)C4CC4)cnc4ccc(-c5cc(Cl)c(O)c(Cl)c5)cc34)C=NC2)CCC1. The van der Waals surface area contributed by atoms with Crippen molar-refractivity contribution in [3.05, 3.63) is 52.1 Å². The fourth-order valence-corrected chi connectivity index (χ4v) is 7.23. The lowest BCUT2D eigenvalue weighted by molar-refractivity contribution is 0.0968. The molecule has 2 fully saturated rings. The number of ketones is 1. The smallest absolute Gasteiger partial charge is 0.169 e. The molecular formula is C35H39Cl2N3O2. The first-order chi connectivity index (χ1) is 20.4. The third-order valence-electron chi connectivity index (χ3n) is 9.47. The lowest BCUT2D eigenvalue weighted by atomic mass is 9.81. The number of fused-ring (bicyclic) bond motifs is 1. The molecule has 0 bridgehead atoms. The minimum Gasteiger partial charge on any atom is -0.505 e. The number of pyridine rings is 1. The third kappa shape index (κ3) is 6.58. The zero-order valence-electron chi connectivity index (χ0n) is 24.3. The van der Waals surface area contributed by atoms with Gasteiger partial charge in [-0.05, 0) is 78.8 Å². The van der Waals surface area contributed by atoms with Crippen LogP contribution >= 0.6 is 23.2 Å². The lowest BCUT2D eigenvalue weighted by Gasteiger charge is -2.25. The predicted octanol–water partition coefficient (Wildman–Crippen LogP) is 10.1. The molecule has 42 heavy (non-hydrogen) atoms. The third-order valence-corrected chi connectivity index (χ3v) is 10.0. The van der Waals surface area contributed by atoms with Gasteiger partial charge in [-0.25, -0.2) is 0 Å². The van der Waals surface area contributed by atoms with Crippen molar-refractivity contribution in [2.24, 2.45) is 33.7 Å². The molecule has 0 radical (unpaired) electrons. The largest absolute Gasteiger partial charge is 0.505 e. The normalized spacial score (nSPS) is 24.6. The summed E-state index contributed by atoms with van der Waals surface area (Å²) in [6, 6.07) is 9.27. The second-order valence-corrected chi connectivity index (χ2v) is 13.5. The van der Waals surface area contributed by atoms with Crippen LogP contribution < -0.4 is 0 Å². The Morgan fingerprint density at radius 3 is 2.43 bits per heavy atom. The molecule has 3 atom stereocenters. The number of aliphatic imine (C=N–C) groups is 2. The Kier molecular flexibility index (Phi) is 8.97. The molecule has 1 aromatic heterocycles. The van der Waals surface area contributed by atoms with E-state index in [2.05, 4.69) is 11.9 Å². The van der Waals surface area contributed by atoms with Crippen molar-refractivity contribution in [3.63, 3.8) is 0 Å². The minimum absolute atomic E-state index is 0.0550. The zero-order chi connectivity index (χ0) is 29.2. The van der Waals surface area contributed by atoms with Gasteiger partial charge in [-0.15, -0.1) is 0 Å². The van der Waals surface area contributed by atoms with Gasteiger partial charge in [-0.1, -0.05) is 81.1 Å². The molecule has 2 heterocycles. The van der Waals surface area contributed by atoms with Crippen LogP contribution in [0.25, 0.3) is 22.0 Å². The fourth-order valence-electron chi connectivity index (χ4n) is 6.74. The number of rotatable bonds is 5. The summed E-state index contributed by atoms with van der Waals surface area (Å²) in [6.45, 7) is 3.26. The standard InChI is InChI=1S/C35H39Cl2N3O2/c1-21-5-2-3-7-22(8-4-6-21)25-11-13-27(19-38-18-25)40-33-28-15-24(26-16-30(36)35(42)31(37)17-26)12-14-32(28)39-20-29(33)34(41)23-9-10-23/h12,14-17,19-23,25,42H,2-11,13,18H2,1H3. The molecule has 5 nitrogen and oxygen atoms in total. The fraction of sp³-hybridized carbons (Fsp3) is 0.486. The van der Waals surface area contributed by atoms with Crippen LogP contribution in [0.5, 0.6) is 5.75 Å². The predicted molar refractivity (Wildman–Crippen MR) is 174 cm³/mol. The van der Waals surface area contributed by atoms with E-state index in [0.717, 1.165) is 71.8 Å². The Labute approximate surface area is 258 Å². The topological polar surface area (TPSA) is 74.9 Å². The zero-order valence-corrected chi connectivity index (χ0v) is 25.8. The molecule has 0 amide bonds. The van der Waals surface area contributed by atoms with Gasteiger partial charge in [0.2, 0.25) is 0 Å². The Morgan fingerprint density at radius 1 is 0.905 bits per heavy atom. The van der Waals surface area contributed by atoms with Crippen molar-refractivity contribution in [2.75, 3.05) is 6.54 Å². The molecular weight excluding hydrogens is 565 g/mol.